The molecule has 0 amide bonds. The second kappa shape index (κ2) is 8.63. The van der Waals surface area contributed by atoms with E-state index in [1.54, 1.807) is 0 Å². The van der Waals surface area contributed by atoms with Gasteiger partial charge in [-0.3, -0.25) is 9.69 Å². The quantitative estimate of drug-likeness (QED) is 0.474. The van der Waals surface area contributed by atoms with E-state index in [1.165, 1.54) is 5.56 Å². The second-order valence-corrected chi connectivity index (χ2v) is 8.76. The zero-order chi connectivity index (χ0) is 22.1. The SMILES string of the molecule is CC(C)c1nc2c(c(=O)[nH]1)CN(Cc1c[nH]c3cccc(OCc4ccccc4)c13)CC2. The molecule has 2 aromatic heterocycles. The van der Waals surface area contributed by atoms with Crippen molar-refractivity contribution >= 4 is 10.9 Å². The predicted molar refractivity (Wildman–Crippen MR) is 126 cm³/mol. The molecular weight excluding hydrogens is 400 g/mol. The number of aromatic amines is 2. The zero-order valence-corrected chi connectivity index (χ0v) is 18.5. The zero-order valence-electron chi connectivity index (χ0n) is 18.5. The molecule has 1 aliphatic rings. The van der Waals surface area contributed by atoms with Gasteiger partial charge in [0.15, 0.2) is 0 Å². The van der Waals surface area contributed by atoms with Gasteiger partial charge in [-0.05, 0) is 23.3 Å². The average molecular weight is 429 g/mol. The maximum absolute atomic E-state index is 12.7. The molecule has 0 fully saturated rings. The molecule has 4 aromatic rings. The lowest BCUT2D eigenvalue weighted by atomic mass is 10.0. The Morgan fingerprint density at radius 1 is 1.12 bits per heavy atom. The Kier molecular flexibility index (Phi) is 5.53. The van der Waals surface area contributed by atoms with E-state index in [9.17, 15) is 4.79 Å². The van der Waals surface area contributed by atoms with Gasteiger partial charge in [0, 0.05) is 49.1 Å². The minimum absolute atomic E-state index is 0.00536. The molecule has 2 N–H and O–H groups in total. The normalized spacial score (nSPS) is 14.1. The van der Waals surface area contributed by atoms with E-state index in [0.717, 1.165) is 58.8 Å². The molecule has 0 aliphatic carbocycles. The van der Waals surface area contributed by atoms with Crippen LogP contribution in [0.1, 0.15) is 48.0 Å². The molecule has 164 valence electrons. The number of H-pyrrole nitrogens is 2. The molecule has 3 heterocycles. The molecule has 0 bridgehead atoms. The lowest BCUT2D eigenvalue weighted by Gasteiger charge is -2.28. The summed E-state index contributed by atoms with van der Waals surface area (Å²) < 4.78 is 6.20. The van der Waals surface area contributed by atoms with Crippen LogP contribution in [0.3, 0.4) is 0 Å². The standard InChI is InChI=1S/C26H28N4O2/c1-17(2)25-28-21-11-12-30(15-20(21)26(31)29-25)14-19-13-27-22-9-6-10-23(24(19)22)32-16-18-7-4-3-5-8-18/h3-10,13,17,27H,11-12,14-16H2,1-2H3,(H,28,29,31). The van der Waals surface area contributed by atoms with E-state index in [2.05, 4.69) is 39.3 Å². The highest BCUT2D eigenvalue weighted by Crippen LogP contribution is 2.31. The van der Waals surface area contributed by atoms with E-state index in [0.29, 0.717) is 13.2 Å². The number of hydrogen-bond donors (Lipinski definition) is 2. The summed E-state index contributed by atoms with van der Waals surface area (Å²) >= 11 is 0. The summed E-state index contributed by atoms with van der Waals surface area (Å²) in [5.41, 5.74) is 5.11. The number of benzene rings is 2. The Morgan fingerprint density at radius 3 is 2.78 bits per heavy atom. The fourth-order valence-corrected chi connectivity index (χ4v) is 4.35. The van der Waals surface area contributed by atoms with Crippen molar-refractivity contribution in [2.45, 2.75) is 45.9 Å². The van der Waals surface area contributed by atoms with Crippen LogP contribution in [0.5, 0.6) is 5.75 Å². The molecule has 1 aliphatic heterocycles. The van der Waals surface area contributed by atoms with E-state index < -0.39 is 0 Å². The van der Waals surface area contributed by atoms with Crippen molar-refractivity contribution in [2.24, 2.45) is 0 Å². The van der Waals surface area contributed by atoms with Gasteiger partial charge in [-0.15, -0.1) is 0 Å². The minimum Gasteiger partial charge on any atom is -0.488 e. The number of nitrogens with zero attached hydrogens (tertiary/aromatic N) is 2. The van der Waals surface area contributed by atoms with Gasteiger partial charge in [0.25, 0.3) is 5.56 Å². The van der Waals surface area contributed by atoms with Crippen LogP contribution in [-0.4, -0.2) is 26.4 Å². The fraction of sp³-hybridized carbons (Fsp3) is 0.308. The van der Waals surface area contributed by atoms with Gasteiger partial charge >= 0.3 is 0 Å². The van der Waals surface area contributed by atoms with Crippen molar-refractivity contribution in [3.63, 3.8) is 0 Å². The molecule has 32 heavy (non-hydrogen) atoms. The smallest absolute Gasteiger partial charge is 0.255 e. The highest BCUT2D eigenvalue weighted by molar-refractivity contribution is 5.89. The molecule has 0 saturated carbocycles. The summed E-state index contributed by atoms with van der Waals surface area (Å²) in [6, 6.07) is 16.3. The third-order valence-corrected chi connectivity index (χ3v) is 6.09. The second-order valence-electron chi connectivity index (χ2n) is 8.76. The Labute approximate surface area is 187 Å². The molecule has 0 saturated heterocycles. The molecular formula is C26H28N4O2. The van der Waals surface area contributed by atoms with E-state index in [1.807, 2.05) is 44.2 Å². The summed E-state index contributed by atoms with van der Waals surface area (Å²) in [7, 11) is 0. The minimum atomic E-state index is -0.00536. The number of nitrogens with one attached hydrogen (secondary N) is 2. The molecule has 0 atom stereocenters. The van der Waals surface area contributed by atoms with Crippen LogP contribution < -0.4 is 10.3 Å². The summed E-state index contributed by atoms with van der Waals surface area (Å²) in [5, 5.41) is 1.11. The Morgan fingerprint density at radius 2 is 1.97 bits per heavy atom. The van der Waals surface area contributed by atoms with E-state index in [4.69, 9.17) is 9.72 Å². The Hall–Kier alpha value is -3.38. The molecule has 0 radical (unpaired) electrons. The molecule has 2 aromatic carbocycles. The molecule has 6 heteroatoms. The first-order chi connectivity index (χ1) is 15.6. The number of aromatic nitrogens is 3. The van der Waals surface area contributed by atoms with Crippen LogP contribution in [0.25, 0.3) is 10.9 Å². The maximum Gasteiger partial charge on any atom is 0.255 e. The Bertz CT molecular complexity index is 1290. The van der Waals surface area contributed by atoms with Crippen molar-refractivity contribution in [1.29, 1.82) is 0 Å². The van der Waals surface area contributed by atoms with Crippen molar-refractivity contribution in [3.05, 3.63) is 93.3 Å². The molecule has 0 spiro atoms. The third-order valence-electron chi connectivity index (χ3n) is 6.09. The number of fused-ring (bicyclic) bond motifs is 2. The molecule has 5 rings (SSSR count). The summed E-state index contributed by atoms with van der Waals surface area (Å²) in [4.78, 5) is 26.0. The van der Waals surface area contributed by atoms with E-state index in [-0.39, 0.29) is 11.5 Å². The highest BCUT2D eigenvalue weighted by atomic mass is 16.5. The summed E-state index contributed by atoms with van der Waals surface area (Å²) in [5.74, 6) is 1.87. The molecule has 6 nitrogen and oxygen atoms in total. The molecule has 0 unspecified atom stereocenters. The first kappa shape index (κ1) is 20.5. The lowest BCUT2D eigenvalue weighted by Crippen LogP contribution is -2.35. The maximum atomic E-state index is 12.7. The number of rotatable bonds is 6. The predicted octanol–water partition coefficient (Wildman–Crippen LogP) is 4.51. The largest absolute Gasteiger partial charge is 0.488 e. The lowest BCUT2D eigenvalue weighted by molar-refractivity contribution is 0.241. The summed E-state index contributed by atoms with van der Waals surface area (Å²) in [6.07, 6.45) is 2.85. The van der Waals surface area contributed by atoms with Crippen molar-refractivity contribution < 1.29 is 4.74 Å². The fourth-order valence-electron chi connectivity index (χ4n) is 4.35. The highest BCUT2D eigenvalue weighted by Gasteiger charge is 2.23. The van der Waals surface area contributed by atoms with Crippen LogP contribution in [0.2, 0.25) is 0 Å². The van der Waals surface area contributed by atoms with Crippen LogP contribution in [-0.2, 0) is 26.1 Å². The monoisotopic (exact) mass is 428 g/mol. The van der Waals surface area contributed by atoms with Crippen LogP contribution >= 0.6 is 0 Å². The van der Waals surface area contributed by atoms with Gasteiger partial charge in [-0.1, -0.05) is 50.2 Å². The van der Waals surface area contributed by atoms with E-state index >= 15 is 0 Å². The first-order valence-electron chi connectivity index (χ1n) is 11.2. The first-order valence-corrected chi connectivity index (χ1v) is 11.2. The number of hydrogen-bond acceptors (Lipinski definition) is 4. The van der Waals surface area contributed by atoms with Crippen LogP contribution in [0.4, 0.5) is 0 Å². The van der Waals surface area contributed by atoms with Gasteiger partial charge in [0.05, 0.1) is 11.3 Å². The van der Waals surface area contributed by atoms with Gasteiger partial charge in [0.2, 0.25) is 0 Å². The van der Waals surface area contributed by atoms with Gasteiger partial charge in [-0.25, -0.2) is 4.98 Å². The van der Waals surface area contributed by atoms with Crippen LogP contribution in [0.15, 0.2) is 59.5 Å². The third kappa shape index (κ3) is 4.06. The Balaban J connectivity index is 1.38. The van der Waals surface area contributed by atoms with Gasteiger partial charge in [-0.2, -0.15) is 0 Å². The topological polar surface area (TPSA) is 74.0 Å². The summed E-state index contributed by atoms with van der Waals surface area (Å²) in [6.45, 7) is 6.86. The van der Waals surface area contributed by atoms with Crippen molar-refractivity contribution in [2.75, 3.05) is 6.54 Å². The van der Waals surface area contributed by atoms with Crippen molar-refractivity contribution in [3.8, 4) is 5.75 Å². The number of ether oxygens (including phenoxy) is 1. The van der Waals surface area contributed by atoms with Gasteiger partial charge < -0.3 is 14.7 Å². The van der Waals surface area contributed by atoms with Crippen molar-refractivity contribution in [1.82, 2.24) is 19.9 Å². The van der Waals surface area contributed by atoms with Gasteiger partial charge in [0.1, 0.15) is 18.2 Å². The average Bonchev–Trinajstić information content (AvgIpc) is 3.22. The van der Waals surface area contributed by atoms with Crippen LogP contribution in [0, 0.1) is 0 Å².